The van der Waals surface area contributed by atoms with Gasteiger partial charge in [-0.1, -0.05) is 17.7 Å². The largest absolute Gasteiger partial charge is 0.354 e. The molecule has 3 nitrogen and oxygen atoms in total. The zero-order valence-electron chi connectivity index (χ0n) is 9.94. The van der Waals surface area contributed by atoms with E-state index in [9.17, 15) is 4.79 Å². The Morgan fingerprint density at radius 1 is 1.19 bits per heavy atom. The number of hydrogen-bond donors (Lipinski definition) is 0. The van der Waals surface area contributed by atoms with Crippen LogP contribution >= 0.6 is 0 Å². The highest BCUT2D eigenvalue weighted by molar-refractivity contribution is 5.73. The lowest BCUT2D eigenvalue weighted by Gasteiger charge is -2.36. The second-order valence-electron chi connectivity index (χ2n) is 4.38. The van der Waals surface area contributed by atoms with Gasteiger partial charge in [0.15, 0.2) is 0 Å². The predicted octanol–water partition coefficient (Wildman–Crippen LogP) is 2.01. The Hall–Kier alpha value is -1.51. The summed E-state index contributed by atoms with van der Waals surface area (Å²) in [6.07, 6.45) is 1.05. The fraction of sp³-hybridized carbons (Fsp3) is 0.462. The standard InChI is InChI=1S/C13H18N2O/c1-11-4-6-13(7-5-11)15-9-3-8-14(10-15)12(2)16/h4-7H,3,8-10H2,1-2H3. The zero-order chi connectivity index (χ0) is 11.5. The molecule has 16 heavy (non-hydrogen) atoms. The molecule has 0 atom stereocenters. The smallest absolute Gasteiger partial charge is 0.220 e. The molecule has 1 amide bonds. The van der Waals surface area contributed by atoms with Crippen molar-refractivity contribution in [3.63, 3.8) is 0 Å². The van der Waals surface area contributed by atoms with Crippen LogP contribution in [0, 0.1) is 6.92 Å². The summed E-state index contributed by atoms with van der Waals surface area (Å²) in [7, 11) is 0. The van der Waals surface area contributed by atoms with Crippen LogP contribution in [0.5, 0.6) is 0 Å². The molecule has 0 radical (unpaired) electrons. The molecule has 0 aromatic heterocycles. The first-order valence-corrected chi connectivity index (χ1v) is 5.74. The summed E-state index contributed by atoms with van der Waals surface area (Å²) >= 11 is 0. The van der Waals surface area contributed by atoms with Crippen molar-refractivity contribution in [3.8, 4) is 0 Å². The second-order valence-corrected chi connectivity index (χ2v) is 4.38. The number of carbonyl (C=O) groups is 1. The Bertz CT molecular complexity index is 372. The van der Waals surface area contributed by atoms with Gasteiger partial charge >= 0.3 is 0 Å². The van der Waals surface area contributed by atoms with Crippen molar-refractivity contribution in [1.29, 1.82) is 0 Å². The van der Waals surface area contributed by atoms with Gasteiger partial charge in [0.25, 0.3) is 0 Å². The summed E-state index contributed by atoms with van der Waals surface area (Å²) < 4.78 is 0. The predicted molar refractivity (Wildman–Crippen MR) is 65.4 cm³/mol. The summed E-state index contributed by atoms with van der Waals surface area (Å²) in [5.74, 6) is 0.164. The molecule has 0 saturated carbocycles. The minimum absolute atomic E-state index is 0.164. The zero-order valence-corrected chi connectivity index (χ0v) is 9.94. The Morgan fingerprint density at radius 2 is 1.88 bits per heavy atom. The monoisotopic (exact) mass is 218 g/mol. The molecule has 1 aromatic carbocycles. The molecule has 1 fully saturated rings. The van der Waals surface area contributed by atoms with E-state index in [-0.39, 0.29) is 5.91 Å². The molecule has 0 spiro atoms. The summed E-state index contributed by atoms with van der Waals surface area (Å²) in [4.78, 5) is 15.5. The van der Waals surface area contributed by atoms with Crippen molar-refractivity contribution >= 4 is 11.6 Å². The third-order valence-corrected chi connectivity index (χ3v) is 3.04. The van der Waals surface area contributed by atoms with Crippen LogP contribution in [0.15, 0.2) is 24.3 Å². The van der Waals surface area contributed by atoms with Gasteiger partial charge in [0.1, 0.15) is 0 Å². The fourth-order valence-corrected chi connectivity index (χ4v) is 2.02. The van der Waals surface area contributed by atoms with Crippen LogP contribution in [0.1, 0.15) is 18.9 Å². The first-order valence-electron chi connectivity index (χ1n) is 5.74. The van der Waals surface area contributed by atoms with Crippen molar-refractivity contribution in [3.05, 3.63) is 29.8 Å². The van der Waals surface area contributed by atoms with Gasteiger partial charge in [-0.05, 0) is 25.5 Å². The maximum Gasteiger partial charge on any atom is 0.220 e. The quantitative estimate of drug-likeness (QED) is 0.720. The molecular weight excluding hydrogens is 200 g/mol. The first-order chi connectivity index (χ1) is 7.66. The van der Waals surface area contributed by atoms with E-state index >= 15 is 0 Å². The van der Waals surface area contributed by atoms with Gasteiger partial charge in [0.05, 0.1) is 6.67 Å². The normalized spacial score (nSPS) is 16.4. The van der Waals surface area contributed by atoms with Gasteiger partial charge in [-0.2, -0.15) is 0 Å². The number of carbonyl (C=O) groups excluding carboxylic acids is 1. The van der Waals surface area contributed by atoms with Gasteiger partial charge in [-0.15, -0.1) is 0 Å². The lowest BCUT2D eigenvalue weighted by atomic mass is 10.2. The number of aryl methyl sites for hydroxylation is 1. The minimum atomic E-state index is 0.164. The number of benzene rings is 1. The summed E-state index contributed by atoms with van der Waals surface area (Å²) in [5.41, 5.74) is 2.47. The maximum atomic E-state index is 11.3. The average molecular weight is 218 g/mol. The van der Waals surface area contributed by atoms with E-state index in [1.807, 2.05) is 4.90 Å². The molecule has 3 heteroatoms. The van der Waals surface area contributed by atoms with Crippen molar-refractivity contribution in [1.82, 2.24) is 4.90 Å². The number of amides is 1. The third kappa shape index (κ3) is 2.35. The number of rotatable bonds is 1. The first kappa shape index (κ1) is 11.0. The Kier molecular flexibility index (Phi) is 3.13. The molecule has 1 aliphatic rings. The van der Waals surface area contributed by atoms with E-state index in [2.05, 4.69) is 36.1 Å². The highest BCUT2D eigenvalue weighted by Crippen LogP contribution is 2.18. The van der Waals surface area contributed by atoms with Crippen molar-refractivity contribution in [2.45, 2.75) is 20.3 Å². The maximum absolute atomic E-state index is 11.3. The van der Waals surface area contributed by atoms with Gasteiger partial charge in [0, 0.05) is 25.7 Å². The van der Waals surface area contributed by atoms with Crippen molar-refractivity contribution in [2.24, 2.45) is 0 Å². The van der Waals surface area contributed by atoms with Crippen molar-refractivity contribution < 1.29 is 4.79 Å². The Labute approximate surface area is 96.7 Å². The van der Waals surface area contributed by atoms with Crippen LogP contribution in [-0.4, -0.2) is 30.6 Å². The summed E-state index contributed by atoms with van der Waals surface area (Å²) in [5, 5.41) is 0. The molecule has 1 aromatic rings. The van der Waals surface area contributed by atoms with Crippen LogP contribution in [0.25, 0.3) is 0 Å². The summed E-state index contributed by atoms with van der Waals surface area (Å²) in [6, 6.07) is 8.47. The lowest BCUT2D eigenvalue weighted by molar-refractivity contribution is -0.129. The van der Waals surface area contributed by atoms with Crippen LogP contribution < -0.4 is 4.90 Å². The van der Waals surface area contributed by atoms with Crippen LogP contribution in [0.4, 0.5) is 5.69 Å². The molecule has 0 N–H and O–H groups in total. The van der Waals surface area contributed by atoms with Gasteiger partial charge in [-0.3, -0.25) is 4.79 Å². The summed E-state index contributed by atoms with van der Waals surface area (Å²) in [6.45, 7) is 6.36. The Morgan fingerprint density at radius 3 is 2.50 bits per heavy atom. The number of hydrogen-bond acceptors (Lipinski definition) is 2. The highest BCUT2D eigenvalue weighted by atomic mass is 16.2. The molecule has 86 valence electrons. The van der Waals surface area contributed by atoms with Crippen molar-refractivity contribution in [2.75, 3.05) is 24.7 Å². The van der Waals surface area contributed by atoms with Gasteiger partial charge in [-0.25, -0.2) is 0 Å². The molecular formula is C13H18N2O. The van der Waals surface area contributed by atoms with Crippen LogP contribution in [0.3, 0.4) is 0 Å². The van der Waals surface area contributed by atoms with Gasteiger partial charge in [0.2, 0.25) is 5.91 Å². The van der Waals surface area contributed by atoms with E-state index < -0.39 is 0 Å². The molecule has 0 bridgehead atoms. The lowest BCUT2D eigenvalue weighted by Crippen LogP contribution is -2.46. The minimum Gasteiger partial charge on any atom is -0.354 e. The average Bonchev–Trinajstić information content (AvgIpc) is 2.30. The highest BCUT2D eigenvalue weighted by Gasteiger charge is 2.18. The molecule has 0 unspecified atom stereocenters. The van der Waals surface area contributed by atoms with E-state index in [1.165, 1.54) is 11.3 Å². The van der Waals surface area contributed by atoms with E-state index in [0.29, 0.717) is 0 Å². The second kappa shape index (κ2) is 4.56. The van der Waals surface area contributed by atoms with E-state index in [4.69, 9.17) is 0 Å². The van der Waals surface area contributed by atoms with E-state index in [1.54, 1.807) is 6.92 Å². The molecule has 0 aliphatic carbocycles. The number of anilines is 1. The van der Waals surface area contributed by atoms with Crippen LogP contribution in [0.2, 0.25) is 0 Å². The third-order valence-electron chi connectivity index (χ3n) is 3.04. The fourth-order valence-electron chi connectivity index (χ4n) is 2.02. The van der Waals surface area contributed by atoms with E-state index in [0.717, 1.165) is 26.2 Å². The molecule has 2 rings (SSSR count). The molecule has 1 aliphatic heterocycles. The topological polar surface area (TPSA) is 23.6 Å². The van der Waals surface area contributed by atoms with Gasteiger partial charge < -0.3 is 9.80 Å². The Balaban J connectivity index is 2.09. The molecule has 1 saturated heterocycles. The number of nitrogens with zero attached hydrogens (tertiary/aromatic N) is 2. The SMILES string of the molecule is CC(=O)N1CCCN(c2ccc(C)cc2)C1. The van der Waals surface area contributed by atoms with Crippen LogP contribution in [-0.2, 0) is 4.79 Å². The molecule has 1 heterocycles.